The number of aliphatic hydroxyl groups is 3. The third-order valence-electron chi connectivity index (χ3n) is 2.03. The highest BCUT2D eigenvalue weighted by atomic mass is 35.5. The Morgan fingerprint density at radius 3 is 2.46 bits per heavy atom. The smallest absolute Gasteiger partial charge is 0.185 e. The maximum absolute atomic E-state index is 9.40. The van der Waals surface area contributed by atoms with Crippen LogP contribution in [0.25, 0.3) is 0 Å². The van der Waals surface area contributed by atoms with Crippen LogP contribution in [0.5, 0.6) is 0 Å². The number of ether oxygens (including phenoxy) is 2. The second kappa shape index (κ2) is 4.54. The molecule has 1 rings (SSSR count). The SMILES string of the molecule is CO[C@@H]1O[C@H](CO)[C@@H](O)[C@@H](Cl)[C@H]1O. The summed E-state index contributed by atoms with van der Waals surface area (Å²) in [5.41, 5.74) is 0. The van der Waals surface area contributed by atoms with Crippen LogP contribution in [-0.4, -0.2) is 59.0 Å². The van der Waals surface area contributed by atoms with Gasteiger partial charge in [0.15, 0.2) is 6.29 Å². The van der Waals surface area contributed by atoms with E-state index in [0.717, 1.165) is 0 Å². The van der Waals surface area contributed by atoms with Crippen LogP contribution in [0.4, 0.5) is 0 Å². The number of hydrogen-bond acceptors (Lipinski definition) is 5. The minimum Gasteiger partial charge on any atom is -0.394 e. The van der Waals surface area contributed by atoms with Crippen molar-refractivity contribution in [3.63, 3.8) is 0 Å². The second-order valence-corrected chi connectivity index (χ2v) is 3.39. The van der Waals surface area contributed by atoms with Crippen molar-refractivity contribution in [3.05, 3.63) is 0 Å². The van der Waals surface area contributed by atoms with Crippen LogP contribution < -0.4 is 0 Å². The molecule has 0 bridgehead atoms. The zero-order valence-corrected chi connectivity index (χ0v) is 7.89. The molecule has 0 spiro atoms. The third kappa shape index (κ3) is 2.12. The second-order valence-electron chi connectivity index (χ2n) is 2.89. The average Bonchev–Trinajstić information content (AvgIpc) is 2.15. The number of methoxy groups -OCH3 is 1. The Balaban J connectivity index is 2.66. The highest BCUT2D eigenvalue weighted by Crippen LogP contribution is 2.25. The molecule has 0 amide bonds. The summed E-state index contributed by atoms with van der Waals surface area (Å²) in [7, 11) is 1.35. The Bertz CT molecular complexity index is 147. The zero-order chi connectivity index (χ0) is 10.0. The number of alkyl halides is 1. The lowest BCUT2D eigenvalue weighted by Gasteiger charge is -2.38. The van der Waals surface area contributed by atoms with Gasteiger partial charge in [-0.25, -0.2) is 0 Å². The largest absolute Gasteiger partial charge is 0.394 e. The van der Waals surface area contributed by atoms with Crippen LogP contribution in [0.3, 0.4) is 0 Å². The van der Waals surface area contributed by atoms with Gasteiger partial charge in [-0.15, -0.1) is 11.6 Å². The van der Waals surface area contributed by atoms with Gasteiger partial charge >= 0.3 is 0 Å². The number of halogens is 1. The highest BCUT2D eigenvalue weighted by Gasteiger charge is 2.43. The van der Waals surface area contributed by atoms with E-state index in [9.17, 15) is 10.2 Å². The standard InChI is InChI=1S/C7H13ClO5/c1-12-7-6(11)4(8)5(10)3(2-9)13-7/h3-7,9-11H,2H2,1H3/t3-,4-,5-,6-,7-/m1/s1. The fourth-order valence-corrected chi connectivity index (χ4v) is 1.52. The van der Waals surface area contributed by atoms with Gasteiger partial charge < -0.3 is 24.8 Å². The molecule has 0 aromatic rings. The van der Waals surface area contributed by atoms with Crippen molar-refractivity contribution in [2.45, 2.75) is 30.0 Å². The molecule has 3 N–H and O–H groups in total. The van der Waals surface area contributed by atoms with Crippen molar-refractivity contribution < 1.29 is 24.8 Å². The van der Waals surface area contributed by atoms with E-state index in [1.54, 1.807) is 0 Å². The lowest BCUT2D eigenvalue weighted by molar-refractivity contribution is -0.259. The summed E-state index contributed by atoms with van der Waals surface area (Å²) in [6.45, 7) is -0.364. The van der Waals surface area contributed by atoms with Crippen molar-refractivity contribution in [1.82, 2.24) is 0 Å². The molecule has 5 atom stereocenters. The molecular weight excluding hydrogens is 200 g/mol. The highest BCUT2D eigenvalue weighted by molar-refractivity contribution is 6.21. The van der Waals surface area contributed by atoms with Crippen LogP contribution in [-0.2, 0) is 9.47 Å². The van der Waals surface area contributed by atoms with Gasteiger partial charge in [0.25, 0.3) is 0 Å². The first kappa shape index (κ1) is 11.2. The minimum absolute atomic E-state index is 0.364. The molecule has 1 heterocycles. The van der Waals surface area contributed by atoms with Crippen molar-refractivity contribution in [2.75, 3.05) is 13.7 Å². The van der Waals surface area contributed by atoms with Crippen LogP contribution in [0.15, 0.2) is 0 Å². The number of aliphatic hydroxyl groups excluding tert-OH is 3. The van der Waals surface area contributed by atoms with Gasteiger partial charge in [0.2, 0.25) is 0 Å². The number of rotatable bonds is 2. The maximum Gasteiger partial charge on any atom is 0.185 e. The van der Waals surface area contributed by atoms with Gasteiger partial charge in [0.05, 0.1) is 12.0 Å². The number of hydrogen-bond donors (Lipinski definition) is 3. The fourth-order valence-electron chi connectivity index (χ4n) is 1.24. The Hall–Kier alpha value is 0.0900. The van der Waals surface area contributed by atoms with E-state index < -0.39 is 30.0 Å². The third-order valence-corrected chi connectivity index (χ3v) is 2.55. The molecule has 0 radical (unpaired) electrons. The Morgan fingerprint density at radius 1 is 1.38 bits per heavy atom. The van der Waals surface area contributed by atoms with E-state index in [2.05, 4.69) is 0 Å². The normalized spacial score (nSPS) is 46.4. The zero-order valence-electron chi connectivity index (χ0n) is 7.13. The Kier molecular flexibility index (Phi) is 3.90. The summed E-state index contributed by atoms with van der Waals surface area (Å²) in [6.07, 6.45) is -3.89. The lowest BCUT2D eigenvalue weighted by atomic mass is 10.0. The molecule has 0 aliphatic carbocycles. The van der Waals surface area contributed by atoms with Crippen LogP contribution in [0.1, 0.15) is 0 Å². The molecule has 78 valence electrons. The Labute approximate surface area is 80.8 Å². The molecule has 0 saturated carbocycles. The summed E-state index contributed by atoms with van der Waals surface area (Å²) < 4.78 is 9.80. The van der Waals surface area contributed by atoms with Gasteiger partial charge in [-0.2, -0.15) is 0 Å². The van der Waals surface area contributed by atoms with Crippen LogP contribution >= 0.6 is 11.6 Å². The molecule has 0 aromatic carbocycles. The van der Waals surface area contributed by atoms with E-state index in [1.807, 2.05) is 0 Å². The van der Waals surface area contributed by atoms with Gasteiger partial charge in [-0.05, 0) is 0 Å². The van der Waals surface area contributed by atoms with E-state index in [0.29, 0.717) is 0 Å². The summed E-state index contributed by atoms with van der Waals surface area (Å²) in [4.78, 5) is 0. The molecule has 0 unspecified atom stereocenters. The summed E-state index contributed by atoms with van der Waals surface area (Å²) >= 11 is 5.69. The molecule has 5 nitrogen and oxygen atoms in total. The topological polar surface area (TPSA) is 79.2 Å². The van der Waals surface area contributed by atoms with Crippen molar-refractivity contribution >= 4 is 11.6 Å². The molecular formula is C7H13ClO5. The van der Waals surface area contributed by atoms with E-state index in [1.165, 1.54) is 7.11 Å². The molecule has 1 fully saturated rings. The van der Waals surface area contributed by atoms with Crippen LogP contribution in [0, 0.1) is 0 Å². The average molecular weight is 213 g/mol. The first-order valence-corrected chi connectivity index (χ1v) is 4.34. The minimum atomic E-state index is -1.09. The molecule has 1 saturated heterocycles. The molecule has 1 aliphatic rings. The first-order valence-electron chi connectivity index (χ1n) is 3.91. The van der Waals surface area contributed by atoms with E-state index in [-0.39, 0.29) is 6.61 Å². The monoisotopic (exact) mass is 212 g/mol. The fraction of sp³-hybridized carbons (Fsp3) is 1.00. The predicted octanol–water partition coefficient (Wildman–Crippen LogP) is -1.32. The van der Waals surface area contributed by atoms with Crippen molar-refractivity contribution in [2.24, 2.45) is 0 Å². The van der Waals surface area contributed by atoms with Crippen molar-refractivity contribution in [1.29, 1.82) is 0 Å². The molecule has 1 aliphatic heterocycles. The van der Waals surface area contributed by atoms with Gasteiger partial charge in [0.1, 0.15) is 18.3 Å². The Morgan fingerprint density at radius 2 is 2.00 bits per heavy atom. The molecule has 13 heavy (non-hydrogen) atoms. The molecule has 0 aromatic heterocycles. The summed E-state index contributed by atoms with van der Waals surface area (Å²) in [5, 5.41) is 26.7. The first-order chi connectivity index (χ1) is 6.11. The predicted molar refractivity (Wildman–Crippen MR) is 44.4 cm³/mol. The van der Waals surface area contributed by atoms with Crippen LogP contribution in [0.2, 0.25) is 0 Å². The van der Waals surface area contributed by atoms with Gasteiger partial charge in [-0.1, -0.05) is 0 Å². The van der Waals surface area contributed by atoms with E-state index >= 15 is 0 Å². The quantitative estimate of drug-likeness (QED) is 0.495. The van der Waals surface area contributed by atoms with Crippen molar-refractivity contribution in [3.8, 4) is 0 Å². The summed E-state index contributed by atoms with van der Waals surface area (Å²) in [6, 6.07) is 0. The van der Waals surface area contributed by atoms with Gasteiger partial charge in [0, 0.05) is 7.11 Å². The maximum atomic E-state index is 9.40. The molecule has 6 heteroatoms. The van der Waals surface area contributed by atoms with Gasteiger partial charge in [-0.3, -0.25) is 0 Å². The lowest BCUT2D eigenvalue weighted by Crippen LogP contribution is -2.56. The summed E-state index contributed by atoms with van der Waals surface area (Å²) in [5.74, 6) is 0. The van der Waals surface area contributed by atoms with E-state index in [4.69, 9.17) is 26.2 Å².